The molecule has 0 amide bonds. The highest BCUT2D eigenvalue weighted by Gasteiger charge is 2.20. The topological polar surface area (TPSA) is 71.1 Å². The Morgan fingerprint density at radius 3 is 2.25 bits per heavy atom. The third-order valence-electron chi connectivity index (χ3n) is 2.48. The Bertz CT molecular complexity index is 500. The molecule has 0 aromatic heterocycles. The summed E-state index contributed by atoms with van der Waals surface area (Å²) >= 11 is 3.10. The van der Waals surface area contributed by atoms with Crippen LogP contribution in [0.4, 0.5) is 0 Å². The van der Waals surface area contributed by atoms with E-state index in [9.17, 15) is 9.59 Å². The molecule has 0 radical (unpaired) electrons. The van der Waals surface area contributed by atoms with Crippen molar-refractivity contribution < 1.29 is 28.5 Å². The number of benzene rings is 1. The minimum Gasteiger partial charge on any atom is -0.492 e. The molecule has 0 bridgehead atoms. The van der Waals surface area contributed by atoms with E-state index in [-0.39, 0.29) is 29.2 Å². The molecule has 0 heterocycles. The van der Waals surface area contributed by atoms with Crippen molar-refractivity contribution in [3.8, 4) is 17.2 Å². The molecule has 1 aromatic carbocycles. The Morgan fingerprint density at radius 2 is 1.75 bits per heavy atom. The average molecular weight is 347 g/mol. The standard InChI is InChI=1S/C13H15BrO6/c1-17-11(16)7-20-10-5-4-8(9(15)6-14)12(18-2)13(10)19-3/h4-5H,6-7H2,1-3H3. The van der Waals surface area contributed by atoms with Crippen LogP contribution in [0.1, 0.15) is 10.4 Å². The molecule has 0 aliphatic rings. The van der Waals surface area contributed by atoms with E-state index < -0.39 is 5.97 Å². The van der Waals surface area contributed by atoms with Gasteiger partial charge in [-0.05, 0) is 12.1 Å². The number of esters is 1. The summed E-state index contributed by atoms with van der Waals surface area (Å²) in [7, 11) is 4.11. The first-order chi connectivity index (χ1) is 9.58. The number of ether oxygens (including phenoxy) is 4. The molecule has 1 rings (SSSR count). The second-order valence-electron chi connectivity index (χ2n) is 3.60. The minimum absolute atomic E-state index is 0.153. The zero-order valence-corrected chi connectivity index (χ0v) is 13.0. The first-order valence-electron chi connectivity index (χ1n) is 5.62. The van der Waals surface area contributed by atoms with Crippen molar-refractivity contribution in [2.75, 3.05) is 33.3 Å². The van der Waals surface area contributed by atoms with Crippen molar-refractivity contribution >= 4 is 27.7 Å². The van der Waals surface area contributed by atoms with Gasteiger partial charge in [0.25, 0.3) is 0 Å². The van der Waals surface area contributed by atoms with E-state index in [4.69, 9.17) is 14.2 Å². The maximum atomic E-state index is 11.8. The van der Waals surface area contributed by atoms with Crippen LogP contribution in [0.25, 0.3) is 0 Å². The van der Waals surface area contributed by atoms with Crippen LogP contribution in [0.15, 0.2) is 12.1 Å². The lowest BCUT2D eigenvalue weighted by molar-refractivity contribution is -0.142. The molecule has 7 heteroatoms. The van der Waals surface area contributed by atoms with Gasteiger partial charge in [0.1, 0.15) is 0 Å². The predicted octanol–water partition coefficient (Wildman–Crippen LogP) is 1.83. The maximum Gasteiger partial charge on any atom is 0.343 e. The Balaban J connectivity index is 3.14. The highest BCUT2D eigenvalue weighted by atomic mass is 79.9. The molecule has 20 heavy (non-hydrogen) atoms. The number of rotatable bonds is 7. The van der Waals surface area contributed by atoms with E-state index >= 15 is 0 Å². The lowest BCUT2D eigenvalue weighted by Crippen LogP contribution is -2.13. The molecule has 0 saturated carbocycles. The van der Waals surface area contributed by atoms with E-state index in [1.807, 2.05) is 0 Å². The fourth-order valence-electron chi connectivity index (χ4n) is 1.54. The van der Waals surface area contributed by atoms with Crippen LogP contribution in [0.5, 0.6) is 17.2 Å². The number of carbonyl (C=O) groups is 2. The van der Waals surface area contributed by atoms with Gasteiger partial charge in [-0.25, -0.2) is 4.79 Å². The van der Waals surface area contributed by atoms with Crippen LogP contribution in [-0.2, 0) is 9.53 Å². The number of alkyl halides is 1. The number of carbonyl (C=O) groups excluding carboxylic acids is 2. The fraction of sp³-hybridized carbons (Fsp3) is 0.385. The lowest BCUT2D eigenvalue weighted by atomic mass is 10.1. The van der Waals surface area contributed by atoms with E-state index in [2.05, 4.69) is 20.7 Å². The highest BCUT2D eigenvalue weighted by molar-refractivity contribution is 9.09. The van der Waals surface area contributed by atoms with Crippen LogP contribution in [0, 0.1) is 0 Å². The molecule has 0 spiro atoms. The molecule has 0 saturated heterocycles. The van der Waals surface area contributed by atoms with E-state index in [1.165, 1.54) is 21.3 Å². The lowest BCUT2D eigenvalue weighted by Gasteiger charge is -2.15. The molecule has 1 aromatic rings. The smallest absolute Gasteiger partial charge is 0.343 e. The zero-order valence-electron chi connectivity index (χ0n) is 11.4. The van der Waals surface area contributed by atoms with Gasteiger partial charge in [-0.1, -0.05) is 15.9 Å². The largest absolute Gasteiger partial charge is 0.492 e. The predicted molar refractivity (Wildman–Crippen MR) is 75.2 cm³/mol. The van der Waals surface area contributed by atoms with Gasteiger partial charge in [0, 0.05) is 0 Å². The number of ketones is 1. The maximum absolute atomic E-state index is 11.8. The molecule has 0 aliphatic carbocycles. The number of Topliss-reactive ketones (excluding diaryl/α,β-unsaturated/α-hetero) is 1. The number of hydrogen-bond acceptors (Lipinski definition) is 6. The molecule has 0 fully saturated rings. The van der Waals surface area contributed by atoms with Crippen LogP contribution in [-0.4, -0.2) is 45.0 Å². The minimum atomic E-state index is -0.522. The van der Waals surface area contributed by atoms with Crippen molar-refractivity contribution in [2.45, 2.75) is 0 Å². The van der Waals surface area contributed by atoms with Crippen molar-refractivity contribution in [3.63, 3.8) is 0 Å². The summed E-state index contributed by atoms with van der Waals surface area (Å²) in [4.78, 5) is 22.9. The monoisotopic (exact) mass is 346 g/mol. The summed E-state index contributed by atoms with van der Waals surface area (Å²) in [6.07, 6.45) is 0. The summed E-state index contributed by atoms with van der Waals surface area (Å²) in [5, 5.41) is 0.162. The van der Waals surface area contributed by atoms with E-state index in [0.29, 0.717) is 11.3 Å². The van der Waals surface area contributed by atoms with Crippen LogP contribution >= 0.6 is 15.9 Å². The Hall–Kier alpha value is -1.76. The third kappa shape index (κ3) is 3.63. The Labute approximate surface area is 125 Å². The number of hydrogen-bond donors (Lipinski definition) is 0. The Kier molecular flexibility index (Phi) is 6.30. The van der Waals surface area contributed by atoms with E-state index in [1.54, 1.807) is 12.1 Å². The highest BCUT2D eigenvalue weighted by Crippen LogP contribution is 2.40. The quantitative estimate of drug-likeness (QED) is 0.426. The van der Waals surface area contributed by atoms with Crippen molar-refractivity contribution in [1.29, 1.82) is 0 Å². The van der Waals surface area contributed by atoms with Crippen molar-refractivity contribution in [3.05, 3.63) is 17.7 Å². The number of halogens is 1. The Morgan fingerprint density at radius 1 is 1.10 bits per heavy atom. The summed E-state index contributed by atoms with van der Waals surface area (Å²) in [6.45, 7) is -0.262. The zero-order chi connectivity index (χ0) is 15.1. The normalized spacial score (nSPS) is 9.80. The van der Waals surface area contributed by atoms with Gasteiger partial charge in [0.2, 0.25) is 5.75 Å². The van der Waals surface area contributed by atoms with Gasteiger partial charge in [-0.3, -0.25) is 4.79 Å². The van der Waals surface area contributed by atoms with Gasteiger partial charge in [0.15, 0.2) is 23.9 Å². The summed E-state index contributed by atoms with van der Waals surface area (Å²) < 4.78 is 20.2. The second-order valence-corrected chi connectivity index (χ2v) is 4.16. The molecular formula is C13H15BrO6. The summed E-state index contributed by atoms with van der Waals surface area (Å²) in [6, 6.07) is 3.09. The fourth-order valence-corrected chi connectivity index (χ4v) is 1.84. The molecule has 6 nitrogen and oxygen atoms in total. The van der Waals surface area contributed by atoms with Crippen molar-refractivity contribution in [2.24, 2.45) is 0 Å². The molecule has 0 unspecified atom stereocenters. The average Bonchev–Trinajstić information content (AvgIpc) is 2.50. The molecule has 110 valence electrons. The summed E-state index contributed by atoms with van der Waals surface area (Å²) in [5.41, 5.74) is 0.367. The van der Waals surface area contributed by atoms with Gasteiger partial charge < -0.3 is 18.9 Å². The molecule has 0 aliphatic heterocycles. The van der Waals surface area contributed by atoms with Gasteiger partial charge in [0.05, 0.1) is 32.2 Å². The molecular weight excluding hydrogens is 332 g/mol. The van der Waals surface area contributed by atoms with E-state index in [0.717, 1.165) is 0 Å². The van der Waals surface area contributed by atoms with Crippen LogP contribution in [0.2, 0.25) is 0 Å². The second kappa shape index (κ2) is 7.74. The first kappa shape index (κ1) is 16.3. The van der Waals surface area contributed by atoms with Gasteiger partial charge >= 0.3 is 5.97 Å². The third-order valence-corrected chi connectivity index (χ3v) is 2.99. The number of methoxy groups -OCH3 is 3. The SMILES string of the molecule is COC(=O)COc1ccc(C(=O)CBr)c(OC)c1OC. The molecule has 0 atom stereocenters. The van der Waals surface area contributed by atoms with Crippen molar-refractivity contribution in [1.82, 2.24) is 0 Å². The molecule has 0 N–H and O–H groups in total. The van der Waals surface area contributed by atoms with Crippen LogP contribution < -0.4 is 14.2 Å². The van der Waals surface area contributed by atoms with Crippen LogP contribution in [0.3, 0.4) is 0 Å². The van der Waals surface area contributed by atoms with Gasteiger partial charge in [-0.2, -0.15) is 0 Å². The first-order valence-corrected chi connectivity index (χ1v) is 6.74. The summed E-state index contributed by atoms with van der Waals surface area (Å²) in [5.74, 6) is 0.134. The van der Waals surface area contributed by atoms with Gasteiger partial charge in [-0.15, -0.1) is 0 Å².